The fourth-order valence-corrected chi connectivity index (χ4v) is 2.69. The molecule has 0 unspecified atom stereocenters. The van der Waals surface area contributed by atoms with Gasteiger partial charge in [-0.1, -0.05) is 23.7 Å². The second-order valence-electron chi connectivity index (χ2n) is 5.06. The maximum atomic E-state index is 11.9. The van der Waals surface area contributed by atoms with Gasteiger partial charge in [0.05, 0.1) is 5.25 Å². The van der Waals surface area contributed by atoms with Gasteiger partial charge in [0.25, 0.3) is 0 Å². The van der Waals surface area contributed by atoms with Crippen LogP contribution in [0.1, 0.15) is 31.7 Å². The van der Waals surface area contributed by atoms with Crippen LogP contribution in [0.3, 0.4) is 0 Å². The number of rotatable bonds is 4. The van der Waals surface area contributed by atoms with Gasteiger partial charge in [0.15, 0.2) is 0 Å². The number of sulfonamides is 1. The first kappa shape index (κ1) is 14.3. The molecule has 19 heavy (non-hydrogen) atoms. The molecule has 1 amide bonds. The summed E-state index contributed by atoms with van der Waals surface area (Å²) >= 11 is 5.80. The number of halogens is 1. The highest BCUT2D eigenvalue weighted by Crippen LogP contribution is 2.47. The van der Waals surface area contributed by atoms with Crippen molar-refractivity contribution in [1.29, 1.82) is 0 Å². The van der Waals surface area contributed by atoms with Crippen molar-refractivity contribution in [2.24, 2.45) is 5.92 Å². The molecule has 0 heterocycles. The van der Waals surface area contributed by atoms with Crippen LogP contribution in [-0.4, -0.2) is 19.6 Å². The lowest BCUT2D eigenvalue weighted by Gasteiger charge is -2.09. The van der Waals surface area contributed by atoms with Crippen LogP contribution in [0.4, 0.5) is 0 Å². The van der Waals surface area contributed by atoms with Crippen LogP contribution in [0.25, 0.3) is 0 Å². The maximum absolute atomic E-state index is 11.9. The third-order valence-corrected chi connectivity index (χ3v) is 5.27. The third kappa shape index (κ3) is 3.28. The molecule has 0 saturated heterocycles. The fourth-order valence-electron chi connectivity index (χ4n) is 1.90. The van der Waals surface area contributed by atoms with Crippen LogP contribution < -0.4 is 4.72 Å². The van der Waals surface area contributed by atoms with Gasteiger partial charge in [0.1, 0.15) is 0 Å². The SMILES string of the molecule is CC(C)S(=O)(=O)NC(=O)[C@@H]1C[C@@H]1c1ccc(Cl)cc1. The molecule has 1 N–H and O–H groups in total. The zero-order valence-corrected chi connectivity index (χ0v) is 12.3. The number of nitrogens with one attached hydrogen (secondary N) is 1. The van der Waals surface area contributed by atoms with E-state index in [1.165, 1.54) is 0 Å². The quantitative estimate of drug-likeness (QED) is 0.928. The number of hydrogen-bond acceptors (Lipinski definition) is 3. The number of hydrogen-bond donors (Lipinski definition) is 1. The molecular weight excluding hydrogens is 286 g/mol. The van der Waals surface area contributed by atoms with Gasteiger partial charge < -0.3 is 0 Å². The lowest BCUT2D eigenvalue weighted by molar-refractivity contribution is -0.120. The Hall–Kier alpha value is -1.07. The summed E-state index contributed by atoms with van der Waals surface area (Å²) in [7, 11) is -3.54. The number of amides is 1. The van der Waals surface area contributed by atoms with Gasteiger partial charge in [-0.3, -0.25) is 9.52 Å². The molecule has 1 saturated carbocycles. The number of carbonyl (C=O) groups is 1. The number of benzene rings is 1. The molecule has 1 aromatic rings. The molecule has 6 heteroatoms. The molecule has 0 spiro atoms. The Labute approximate surface area is 118 Å². The maximum Gasteiger partial charge on any atom is 0.237 e. The zero-order chi connectivity index (χ0) is 14.2. The van der Waals surface area contributed by atoms with Crippen LogP contribution in [0.15, 0.2) is 24.3 Å². The summed E-state index contributed by atoms with van der Waals surface area (Å²) in [6, 6.07) is 7.29. The Kier molecular flexibility index (Phi) is 3.87. The predicted molar refractivity (Wildman–Crippen MR) is 74.5 cm³/mol. The van der Waals surface area contributed by atoms with Crippen molar-refractivity contribution < 1.29 is 13.2 Å². The summed E-state index contributed by atoms with van der Waals surface area (Å²) in [5.41, 5.74) is 1.02. The van der Waals surface area contributed by atoms with Gasteiger partial charge >= 0.3 is 0 Å². The summed E-state index contributed by atoms with van der Waals surface area (Å²) in [6.45, 7) is 3.08. The van der Waals surface area contributed by atoms with Crippen molar-refractivity contribution >= 4 is 27.5 Å². The molecule has 1 aliphatic rings. The second kappa shape index (κ2) is 5.13. The van der Waals surface area contributed by atoms with Crippen molar-refractivity contribution in [3.63, 3.8) is 0 Å². The molecule has 0 aliphatic heterocycles. The molecule has 0 radical (unpaired) electrons. The topological polar surface area (TPSA) is 63.2 Å². The van der Waals surface area contributed by atoms with Crippen LogP contribution in [0.2, 0.25) is 5.02 Å². The van der Waals surface area contributed by atoms with E-state index in [-0.39, 0.29) is 11.8 Å². The molecule has 1 aromatic carbocycles. The van der Waals surface area contributed by atoms with Crippen molar-refractivity contribution in [3.05, 3.63) is 34.9 Å². The summed E-state index contributed by atoms with van der Waals surface area (Å²) in [5.74, 6) is -0.567. The highest BCUT2D eigenvalue weighted by Gasteiger charge is 2.45. The van der Waals surface area contributed by atoms with E-state index in [0.717, 1.165) is 5.56 Å². The molecule has 0 bridgehead atoms. The van der Waals surface area contributed by atoms with E-state index in [0.29, 0.717) is 11.4 Å². The Morgan fingerprint density at radius 1 is 1.32 bits per heavy atom. The monoisotopic (exact) mass is 301 g/mol. The average molecular weight is 302 g/mol. The first-order valence-corrected chi connectivity index (χ1v) is 8.04. The molecule has 104 valence electrons. The van der Waals surface area contributed by atoms with E-state index in [2.05, 4.69) is 4.72 Å². The van der Waals surface area contributed by atoms with E-state index in [9.17, 15) is 13.2 Å². The lowest BCUT2D eigenvalue weighted by Crippen LogP contribution is -2.36. The summed E-state index contributed by atoms with van der Waals surface area (Å²) in [5, 5.41) is 0.0389. The largest absolute Gasteiger partial charge is 0.274 e. The Morgan fingerprint density at radius 3 is 2.42 bits per heavy atom. The first-order valence-electron chi connectivity index (χ1n) is 6.12. The lowest BCUT2D eigenvalue weighted by atomic mass is 10.1. The minimum absolute atomic E-state index is 0.0969. The van der Waals surface area contributed by atoms with E-state index in [4.69, 9.17) is 11.6 Å². The van der Waals surface area contributed by atoms with Gasteiger partial charge in [-0.15, -0.1) is 0 Å². The number of carbonyl (C=O) groups excluding carboxylic acids is 1. The summed E-state index contributed by atoms with van der Waals surface area (Å²) in [4.78, 5) is 11.9. The van der Waals surface area contributed by atoms with E-state index in [1.807, 2.05) is 12.1 Å². The van der Waals surface area contributed by atoms with Crippen LogP contribution in [0, 0.1) is 5.92 Å². The van der Waals surface area contributed by atoms with Crippen LogP contribution >= 0.6 is 11.6 Å². The van der Waals surface area contributed by atoms with E-state index < -0.39 is 21.2 Å². The van der Waals surface area contributed by atoms with Gasteiger partial charge in [0.2, 0.25) is 15.9 Å². The normalized spacial score (nSPS) is 22.3. The molecule has 2 atom stereocenters. The van der Waals surface area contributed by atoms with Crippen molar-refractivity contribution in [2.45, 2.75) is 31.4 Å². The zero-order valence-electron chi connectivity index (χ0n) is 10.8. The van der Waals surface area contributed by atoms with E-state index >= 15 is 0 Å². The van der Waals surface area contributed by atoms with Crippen molar-refractivity contribution in [2.75, 3.05) is 0 Å². The second-order valence-corrected chi connectivity index (χ2v) is 7.73. The van der Waals surface area contributed by atoms with Crippen LogP contribution in [0.5, 0.6) is 0 Å². The fraction of sp³-hybridized carbons (Fsp3) is 0.462. The van der Waals surface area contributed by atoms with Crippen molar-refractivity contribution in [3.8, 4) is 0 Å². The smallest absolute Gasteiger partial charge is 0.237 e. The van der Waals surface area contributed by atoms with Crippen LogP contribution in [-0.2, 0) is 14.8 Å². The van der Waals surface area contributed by atoms with E-state index in [1.54, 1.807) is 26.0 Å². The first-order chi connectivity index (χ1) is 8.81. The summed E-state index contributed by atoms with van der Waals surface area (Å²) in [6.07, 6.45) is 0.682. The third-order valence-electron chi connectivity index (χ3n) is 3.29. The molecular formula is C13H16ClNO3S. The summed E-state index contributed by atoms with van der Waals surface area (Å²) < 4.78 is 25.4. The Balaban J connectivity index is 2.00. The minimum atomic E-state index is -3.54. The molecule has 1 aliphatic carbocycles. The Morgan fingerprint density at radius 2 is 1.89 bits per heavy atom. The van der Waals surface area contributed by atoms with Gasteiger partial charge in [-0.05, 0) is 43.9 Å². The molecule has 4 nitrogen and oxygen atoms in total. The Bertz CT molecular complexity index is 580. The molecule has 1 fully saturated rings. The van der Waals surface area contributed by atoms with Gasteiger partial charge in [0, 0.05) is 10.9 Å². The average Bonchev–Trinajstić information content (AvgIpc) is 3.09. The minimum Gasteiger partial charge on any atom is -0.274 e. The predicted octanol–water partition coefficient (Wildman–Crippen LogP) is 2.30. The van der Waals surface area contributed by atoms with Gasteiger partial charge in [-0.2, -0.15) is 0 Å². The van der Waals surface area contributed by atoms with Crippen molar-refractivity contribution in [1.82, 2.24) is 4.72 Å². The highest BCUT2D eigenvalue weighted by molar-refractivity contribution is 7.90. The van der Waals surface area contributed by atoms with Gasteiger partial charge in [-0.25, -0.2) is 8.42 Å². The molecule has 2 rings (SSSR count). The molecule has 0 aromatic heterocycles. The standard InChI is InChI=1S/C13H16ClNO3S/c1-8(2)19(17,18)15-13(16)12-7-11(12)9-3-5-10(14)6-4-9/h3-6,8,11-12H,7H2,1-2H3,(H,15,16)/t11-,12-/m1/s1. The highest BCUT2D eigenvalue weighted by atomic mass is 35.5.